The van der Waals surface area contributed by atoms with Gasteiger partial charge in [-0.1, -0.05) is 41.6 Å². The Balaban J connectivity index is 1.56. The Morgan fingerprint density at radius 1 is 1.18 bits per heavy atom. The smallest absolute Gasteiger partial charge is 0.273 e. The summed E-state index contributed by atoms with van der Waals surface area (Å²) in [5.41, 5.74) is 5.80. The molecule has 3 rings (SSSR count). The van der Waals surface area contributed by atoms with Gasteiger partial charge in [0.05, 0.1) is 18.4 Å². The molecule has 0 spiro atoms. The van der Waals surface area contributed by atoms with Crippen molar-refractivity contribution in [1.82, 2.24) is 25.6 Å². The first-order valence-corrected chi connectivity index (χ1v) is 9.46. The van der Waals surface area contributed by atoms with Crippen LogP contribution in [-0.4, -0.2) is 39.4 Å². The normalized spacial score (nSPS) is 10.4. The second kappa shape index (κ2) is 9.25. The maximum Gasteiger partial charge on any atom is 0.273 e. The van der Waals surface area contributed by atoms with Crippen LogP contribution in [0.2, 0.25) is 5.02 Å². The zero-order chi connectivity index (χ0) is 19.9. The van der Waals surface area contributed by atoms with Crippen LogP contribution in [-0.2, 0) is 4.79 Å². The van der Waals surface area contributed by atoms with Gasteiger partial charge in [0.25, 0.3) is 5.91 Å². The summed E-state index contributed by atoms with van der Waals surface area (Å²) in [7, 11) is 1.44. The molecule has 8 nitrogen and oxygen atoms in total. The van der Waals surface area contributed by atoms with E-state index in [1.165, 1.54) is 24.9 Å². The van der Waals surface area contributed by atoms with E-state index in [9.17, 15) is 9.59 Å². The van der Waals surface area contributed by atoms with Crippen molar-refractivity contribution in [3.63, 3.8) is 0 Å². The fourth-order valence-corrected chi connectivity index (χ4v) is 3.21. The fraction of sp³-hybridized carbons (Fsp3) is 0.111. The highest BCUT2D eigenvalue weighted by Gasteiger charge is 2.15. The number of halogens is 1. The lowest BCUT2D eigenvalue weighted by Crippen LogP contribution is -2.42. The molecule has 0 aliphatic heterocycles. The standard InChI is InChI=1S/C18H16ClN5O3S/c1-27-15-8-7-12(19)9-14(15)17(26)22-21-16(25)10-28-18-23-20-11-24(18)13-5-3-2-4-6-13/h2-9,11H,10H2,1H3,(H,21,25)(H,22,26). The minimum Gasteiger partial charge on any atom is -0.496 e. The predicted octanol–water partition coefficient (Wildman–Crippen LogP) is 2.48. The average Bonchev–Trinajstić information content (AvgIpc) is 3.19. The van der Waals surface area contributed by atoms with E-state index in [1.54, 1.807) is 23.0 Å². The number of carbonyl (C=O) groups excluding carboxylic acids is 2. The van der Waals surface area contributed by atoms with Gasteiger partial charge in [0, 0.05) is 10.7 Å². The van der Waals surface area contributed by atoms with Gasteiger partial charge in [-0.05, 0) is 30.3 Å². The number of para-hydroxylation sites is 1. The molecule has 2 aromatic carbocycles. The van der Waals surface area contributed by atoms with Crippen molar-refractivity contribution in [1.29, 1.82) is 0 Å². The number of nitrogens with one attached hydrogen (secondary N) is 2. The summed E-state index contributed by atoms with van der Waals surface area (Å²) in [6.07, 6.45) is 1.57. The SMILES string of the molecule is COc1ccc(Cl)cc1C(=O)NNC(=O)CSc1nncn1-c1ccccc1. The third-order valence-electron chi connectivity index (χ3n) is 3.60. The molecule has 0 fully saturated rings. The summed E-state index contributed by atoms with van der Waals surface area (Å²) in [5.74, 6) is -0.549. The van der Waals surface area contributed by atoms with E-state index >= 15 is 0 Å². The Morgan fingerprint density at radius 3 is 2.71 bits per heavy atom. The Kier molecular flexibility index (Phi) is 6.51. The molecule has 0 atom stereocenters. The molecule has 0 saturated carbocycles. The molecule has 144 valence electrons. The molecule has 0 saturated heterocycles. The third-order valence-corrected chi connectivity index (χ3v) is 4.78. The van der Waals surface area contributed by atoms with Gasteiger partial charge in [-0.15, -0.1) is 10.2 Å². The Hall–Kier alpha value is -3.04. The van der Waals surface area contributed by atoms with Crippen molar-refractivity contribution >= 4 is 35.2 Å². The largest absolute Gasteiger partial charge is 0.496 e. The number of hydrogen-bond donors (Lipinski definition) is 2. The molecule has 28 heavy (non-hydrogen) atoms. The molecule has 10 heteroatoms. The van der Waals surface area contributed by atoms with Crippen molar-refractivity contribution in [3.05, 3.63) is 65.4 Å². The third kappa shape index (κ3) is 4.81. The van der Waals surface area contributed by atoms with Gasteiger partial charge >= 0.3 is 0 Å². The molecule has 1 aromatic heterocycles. The van der Waals surface area contributed by atoms with Crippen molar-refractivity contribution in [3.8, 4) is 11.4 Å². The van der Waals surface area contributed by atoms with Gasteiger partial charge in [0.1, 0.15) is 12.1 Å². The quantitative estimate of drug-likeness (QED) is 0.472. The van der Waals surface area contributed by atoms with Crippen LogP contribution in [0.15, 0.2) is 60.0 Å². The highest BCUT2D eigenvalue weighted by Crippen LogP contribution is 2.22. The second-order valence-electron chi connectivity index (χ2n) is 5.45. The second-order valence-corrected chi connectivity index (χ2v) is 6.83. The monoisotopic (exact) mass is 417 g/mol. The lowest BCUT2D eigenvalue weighted by molar-refractivity contribution is -0.119. The van der Waals surface area contributed by atoms with Crippen LogP contribution in [0.5, 0.6) is 5.75 Å². The molecule has 0 aliphatic rings. The maximum atomic E-state index is 12.3. The maximum absolute atomic E-state index is 12.3. The van der Waals surface area contributed by atoms with E-state index in [0.29, 0.717) is 15.9 Å². The molecular formula is C18H16ClN5O3S. The van der Waals surface area contributed by atoms with Crippen molar-refractivity contribution in [2.45, 2.75) is 5.16 Å². The summed E-state index contributed by atoms with van der Waals surface area (Å²) in [4.78, 5) is 24.3. The number of hydrogen-bond acceptors (Lipinski definition) is 6. The van der Waals surface area contributed by atoms with Crippen LogP contribution < -0.4 is 15.6 Å². The van der Waals surface area contributed by atoms with Crippen LogP contribution in [0.4, 0.5) is 0 Å². The van der Waals surface area contributed by atoms with Gasteiger partial charge < -0.3 is 4.74 Å². The summed E-state index contributed by atoms with van der Waals surface area (Å²) in [5, 5.41) is 8.84. The minimum atomic E-state index is -0.537. The van der Waals surface area contributed by atoms with Gasteiger partial charge in [-0.2, -0.15) is 0 Å². The van der Waals surface area contributed by atoms with Crippen molar-refractivity contribution in [2.75, 3.05) is 12.9 Å². The van der Waals surface area contributed by atoms with E-state index in [2.05, 4.69) is 21.0 Å². The number of thioether (sulfide) groups is 1. The molecule has 0 unspecified atom stereocenters. The number of hydrazine groups is 1. The van der Waals surface area contributed by atoms with E-state index in [-0.39, 0.29) is 11.3 Å². The van der Waals surface area contributed by atoms with Gasteiger partial charge in [0.2, 0.25) is 5.91 Å². The lowest BCUT2D eigenvalue weighted by atomic mass is 10.2. The number of methoxy groups -OCH3 is 1. The molecule has 2 amide bonds. The van der Waals surface area contributed by atoms with Crippen molar-refractivity contribution in [2.24, 2.45) is 0 Å². The van der Waals surface area contributed by atoms with Crippen LogP contribution in [0, 0.1) is 0 Å². The highest BCUT2D eigenvalue weighted by molar-refractivity contribution is 7.99. The van der Waals surface area contributed by atoms with E-state index < -0.39 is 11.8 Å². The van der Waals surface area contributed by atoms with Crippen molar-refractivity contribution < 1.29 is 14.3 Å². The van der Waals surface area contributed by atoms with Gasteiger partial charge in [0.15, 0.2) is 5.16 Å². The number of rotatable bonds is 6. The number of nitrogens with zero attached hydrogens (tertiary/aromatic N) is 3. The van der Waals surface area contributed by atoms with E-state index in [4.69, 9.17) is 16.3 Å². The Morgan fingerprint density at radius 2 is 1.96 bits per heavy atom. The summed E-state index contributed by atoms with van der Waals surface area (Å²) in [6, 6.07) is 14.2. The summed E-state index contributed by atoms with van der Waals surface area (Å²) in [6.45, 7) is 0. The number of aromatic nitrogens is 3. The number of amides is 2. The Bertz CT molecular complexity index is 980. The zero-order valence-corrected chi connectivity index (χ0v) is 16.3. The zero-order valence-electron chi connectivity index (χ0n) is 14.8. The Labute approximate surface area is 170 Å². The van der Waals surface area contributed by atoms with Crippen LogP contribution in [0.25, 0.3) is 5.69 Å². The van der Waals surface area contributed by atoms with Crippen LogP contribution in [0.3, 0.4) is 0 Å². The molecular weight excluding hydrogens is 402 g/mol. The van der Waals surface area contributed by atoms with Gasteiger partial charge in [-0.25, -0.2) is 0 Å². The molecule has 1 heterocycles. The number of ether oxygens (including phenoxy) is 1. The van der Waals surface area contributed by atoms with Crippen LogP contribution in [0.1, 0.15) is 10.4 Å². The molecule has 0 aliphatic carbocycles. The number of benzene rings is 2. The molecule has 0 radical (unpaired) electrons. The molecule has 3 aromatic rings. The van der Waals surface area contributed by atoms with E-state index in [0.717, 1.165) is 5.69 Å². The first kappa shape index (κ1) is 19.7. The average molecular weight is 418 g/mol. The van der Waals surface area contributed by atoms with Gasteiger partial charge in [-0.3, -0.25) is 25.0 Å². The van der Waals surface area contributed by atoms with Crippen LogP contribution >= 0.6 is 23.4 Å². The first-order valence-electron chi connectivity index (χ1n) is 8.09. The summed E-state index contributed by atoms with van der Waals surface area (Å²) >= 11 is 7.11. The minimum absolute atomic E-state index is 0.0402. The highest BCUT2D eigenvalue weighted by atomic mass is 35.5. The fourth-order valence-electron chi connectivity index (χ4n) is 2.31. The predicted molar refractivity (Wildman–Crippen MR) is 106 cm³/mol. The topological polar surface area (TPSA) is 98.1 Å². The molecule has 0 bridgehead atoms. The summed E-state index contributed by atoms with van der Waals surface area (Å²) < 4.78 is 6.90. The number of carbonyl (C=O) groups is 2. The first-order chi connectivity index (χ1) is 13.6. The molecule has 2 N–H and O–H groups in total. The van der Waals surface area contributed by atoms with E-state index in [1.807, 2.05) is 30.3 Å². The lowest BCUT2D eigenvalue weighted by Gasteiger charge is -2.10.